The van der Waals surface area contributed by atoms with E-state index >= 15 is 0 Å². The second-order valence-electron chi connectivity index (χ2n) is 4.99. The minimum absolute atomic E-state index is 0.0200. The van der Waals surface area contributed by atoms with Crippen LogP contribution in [-0.4, -0.2) is 43.5 Å². The first-order valence-corrected chi connectivity index (χ1v) is 6.84. The zero-order chi connectivity index (χ0) is 14.4. The van der Waals surface area contributed by atoms with Gasteiger partial charge in [-0.2, -0.15) is 0 Å². The van der Waals surface area contributed by atoms with Crippen LogP contribution in [0.5, 0.6) is 0 Å². The van der Waals surface area contributed by atoms with E-state index in [4.69, 9.17) is 4.74 Å². The van der Waals surface area contributed by atoms with Gasteiger partial charge in [-0.15, -0.1) is 0 Å². The van der Waals surface area contributed by atoms with Crippen molar-refractivity contribution in [1.29, 1.82) is 0 Å². The quantitative estimate of drug-likeness (QED) is 0.847. The molecule has 1 aromatic rings. The Kier molecular flexibility index (Phi) is 5.12. The molecule has 0 unspecified atom stereocenters. The molecule has 5 heteroatoms. The fraction of sp³-hybridized carbons (Fsp3) is 0.467. The first-order chi connectivity index (χ1) is 9.69. The number of rotatable bonds is 4. The van der Waals surface area contributed by atoms with Crippen molar-refractivity contribution in [2.45, 2.75) is 12.8 Å². The summed E-state index contributed by atoms with van der Waals surface area (Å²) in [5.41, 5.74) is 0.807. The number of anilines is 1. The number of carbonyl (C=O) groups excluding carboxylic acids is 2. The molecule has 108 valence electrons. The van der Waals surface area contributed by atoms with Crippen LogP contribution in [0.3, 0.4) is 0 Å². The van der Waals surface area contributed by atoms with Gasteiger partial charge in [0.25, 0.3) is 0 Å². The van der Waals surface area contributed by atoms with E-state index in [-0.39, 0.29) is 17.8 Å². The summed E-state index contributed by atoms with van der Waals surface area (Å²) in [4.78, 5) is 25.4. The summed E-state index contributed by atoms with van der Waals surface area (Å²) in [6.07, 6.45) is 1.51. The highest BCUT2D eigenvalue weighted by Gasteiger charge is 2.26. The SMILES string of the molecule is COC(=O)C1CCN(CC(=O)Nc2ccccc2)CC1. The van der Waals surface area contributed by atoms with Crippen LogP contribution in [0.4, 0.5) is 5.69 Å². The van der Waals surface area contributed by atoms with E-state index < -0.39 is 0 Å². The molecule has 0 saturated carbocycles. The lowest BCUT2D eigenvalue weighted by Gasteiger charge is -2.29. The van der Waals surface area contributed by atoms with Crippen LogP contribution in [0, 0.1) is 5.92 Å². The molecule has 1 aliphatic rings. The number of ether oxygens (including phenoxy) is 1. The number of benzene rings is 1. The van der Waals surface area contributed by atoms with Gasteiger partial charge >= 0.3 is 5.97 Å². The van der Waals surface area contributed by atoms with Crippen LogP contribution in [0.25, 0.3) is 0 Å². The number of hydrogen-bond donors (Lipinski definition) is 1. The second-order valence-corrected chi connectivity index (χ2v) is 4.99. The lowest BCUT2D eigenvalue weighted by atomic mass is 9.97. The largest absolute Gasteiger partial charge is 0.469 e. The van der Waals surface area contributed by atoms with Crippen molar-refractivity contribution in [3.05, 3.63) is 30.3 Å². The first-order valence-electron chi connectivity index (χ1n) is 6.84. The number of likely N-dealkylation sites (tertiary alicyclic amines) is 1. The number of para-hydroxylation sites is 1. The molecule has 1 N–H and O–H groups in total. The Bertz CT molecular complexity index is 453. The van der Waals surface area contributed by atoms with Gasteiger partial charge in [-0.3, -0.25) is 14.5 Å². The predicted molar refractivity (Wildman–Crippen MR) is 76.3 cm³/mol. The molecule has 0 spiro atoms. The molecule has 0 aromatic heterocycles. The van der Waals surface area contributed by atoms with Gasteiger partial charge in [-0.1, -0.05) is 18.2 Å². The Morgan fingerprint density at radius 2 is 1.90 bits per heavy atom. The monoisotopic (exact) mass is 276 g/mol. The van der Waals surface area contributed by atoms with Crippen molar-refractivity contribution in [1.82, 2.24) is 4.90 Å². The summed E-state index contributed by atoms with van der Waals surface area (Å²) < 4.78 is 4.75. The molecule has 1 amide bonds. The normalized spacial score (nSPS) is 16.6. The Morgan fingerprint density at radius 1 is 1.25 bits per heavy atom. The molecule has 0 atom stereocenters. The van der Waals surface area contributed by atoms with Crippen LogP contribution in [0.1, 0.15) is 12.8 Å². The Labute approximate surface area is 118 Å². The number of hydrogen-bond acceptors (Lipinski definition) is 4. The zero-order valence-corrected chi connectivity index (χ0v) is 11.7. The zero-order valence-electron chi connectivity index (χ0n) is 11.7. The third kappa shape index (κ3) is 4.06. The Morgan fingerprint density at radius 3 is 2.50 bits per heavy atom. The average Bonchev–Trinajstić information content (AvgIpc) is 2.48. The molecule has 1 aromatic carbocycles. The number of carbonyl (C=O) groups is 2. The Hall–Kier alpha value is -1.88. The highest BCUT2D eigenvalue weighted by atomic mass is 16.5. The van der Waals surface area contributed by atoms with Gasteiger partial charge in [0.05, 0.1) is 19.6 Å². The Balaban J connectivity index is 1.75. The molecule has 0 bridgehead atoms. The third-order valence-corrected chi connectivity index (χ3v) is 3.55. The van der Waals surface area contributed by atoms with Gasteiger partial charge in [0.2, 0.25) is 5.91 Å². The minimum atomic E-state index is -0.140. The number of amides is 1. The van der Waals surface area contributed by atoms with E-state index in [1.54, 1.807) is 0 Å². The predicted octanol–water partition coefficient (Wildman–Crippen LogP) is 1.51. The van der Waals surface area contributed by atoms with Crippen molar-refractivity contribution in [3.63, 3.8) is 0 Å². The van der Waals surface area contributed by atoms with Gasteiger partial charge in [0, 0.05) is 5.69 Å². The number of methoxy groups -OCH3 is 1. The van der Waals surface area contributed by atoms with E-state index in [9.17, 15) is 9.59 Å². The highest BCUT2D eigenvalue weighted by Crippen LogP contribution is 2.18. The maximum Gasteiger partial charge on any atom is 0.308 e. The lowest BCUT2D eigenvalue weighted by Crippen LogP contribution is -2.41. The fourth-order valence-electron chi connectivity index (χ4n) is 2.42. The summed E-state index contributed by atoms with van der Waals surface area (Å²) in [5, 5.41) is 2.86. The summed E-state index contributed by atoms with van der Waals surface area (Å²) in [6.45, 7) is 1.87. The van der Waals surface area contributed by atoms with E-state index in [2.05, 4.69) is 10.2 Å². The van der Waals surface area contributed by atoms with Crippen molar-refractivity contribution >= 4 is 17.6 Å². The van der Waals surface area contributed by atoms with E-state index in [1.807, 2.05) is 30.3 Å². The maximum atomic E-state index is 11.9. The van der Waals surface area contributed by atoms with Gasteiger partial charge in [0.15, 0.2) is 0 Å². The number of esters is 1. The molecule has 20 heavy (non-hydrogen) atoms. The first kappa shape index (κ1) is 14.5. The van der Waals surface area contributed by atoms with Gasteiger partial charge in [-0.25, -0.2) is 0 Å². The van der Waals surface area contributed by atoms with Crippen molar-refractivity contribution in [3.8, 4) is 0 Å². The number of nitrogens with one attached hydrogen (secondary N) is 1. The van der Waals surface area contributed by atoms with Crippen molar-refractivity contribution < 1.29 is 14.3 Å². The van der Waals surface area contributed by atoms with Crippen LogP contribution < -0.4 is 5.32 Å². The van der Waals surface area contributed by atoms with E-state index in [1.165, 1.54) is 7.11 Å². The molecule has 5 nitrogen and oxygen atoms in total. The fourth-order valence-corrected chi connectivity index (χ4v) is 2.42. The maximum absolute atomic E-state index is 11.9. The third-order valence-electron chi connectivity index (χ3n) is 3.55. The van der Waals surface area contributed by atoms with Gasteiger partial charge < -0.3 is 10.1 Å². The number of piperidine rings is 1. The van der Waals surface area contributed by atoms with Crippen LogP contribution in [-0.2, 0) is 14.3 Å². The summed E-state index contributed by atoms with van der Waals surface area (Å²) in [6, 6.07) is 9.41. The van der Waals surface area contributed by atoms with Crippen molar-refractivity contribution in [2.75, 3.05) is 32.1 Å². The van der Waals surface area contributed by atoms with Crippen LogP contribution in [0.15, 0.2) is 30.3 Å². The van der Waals surface area contributed by atoms with Gasteiger partial charge in [-0.05, 0) is 38.1 Å². The molecule has 1 aliphatic heterocycles. The second kappa shape index (κ2) is 7.05. The van der Waals surface area contributed by atoms with Crippen LogP contribution >= 0.6 is 0 Å². The summed E-state index contributed by atoms with van der Waals surface area (Å²) >= 11 is 0. The topological polar surface area (TPSA) is 58.6 Å². The molecular formula is C15H20N2O3. The standard InChI is InChI=1S/C15H20N2O3/c1-20-15(19)12-7-9-17(10-8-12)11-14(18)16-13-5-3-2-4-6-13/h2-6,12H,7-11H2,1H3,(H,16,18). The van der Waals surface area contributed by atoms with E-state index in [0.717, 1.165) is 31.6 Å². The molecule has 2 rings (SSSR count). The lowest BCUT2D eigenvalue weighted by molar-refractivity contribution is -0.147. The van der Waals surface area contributed by atoms with E-state index in [0.29, 0.717) is 6.54 Å². The molecule has 0 aliphatic carbocycles. The van der Waals surface area contributed by atoms with Crippen molar-refractivity contribution in [2.24, 2.45) is 5.92 Å². The molecule has 1 saturated heterocycles. The summed E-state index contributed by atoms with van der Waals surface area (Å²) in [5.74, 6) is -0.181. The van der Waals surface area contributed by atoms with Crippen LogP contribution in [0.2, 0.25) is 0 Å². The highest BCUT2D eigenvalue weighted by molar-refractivity contribution is 5.92. The van der Waals surface area contributed by atoms with Gasteiger partial charge in [0.1, 0.15) is 0 Å². The molecule has 1 heterocycles. The minimum Gasteiger partial charge on any atom is -0.469 e. The molecular weight excluding hydrogens is 256 g/mol. The average molecular weight is 276 g/mol. The summed E-state index contributed by atoms with van der Waals surface area (Å²) in [7, 11) is 1.42. The smallest absolute Gasteiger partial charge is 0.308 e. The number of nitrogens with zero attached hydrogens (tertiary/aromatic N) is 1. The molecule has 0 radical (unpaired) electrons. The molecule has 1 fully saturated rings.